The number of aryl methyl sites for hydroxylation is 2. The minimum absolute atomic E-state index is 0.0424. The van der Waals surface area contributed by atoms with Gasteiger partial charge in [0, 0.05) is 18.2 Å². The molecule has 3 unspecified atom stereocenters. The molecule has 0 saturated heterocycles. The molecule has 9 heteroatoms. The normalized spacial score (nSPS) is 13.5. The predicted octanol–water partition coefficient (Wildman–Crippen LogP) is 5.08. The standard InChI is InChI=1S/C31H44N4O5/c1-9-21(4)35(29(38)25(17-18-26(32)36)34-30(39)40-31(6,7)8)27(23-15-12-14-19(2)22(23)5)28(37)33-24-16-11-10-13-20(24)3/h10-16,21,25,27H,9,17-18H2,1-8H3,(H2,32,36)(H,33,37)(H,34,39). The first kappa shape index (κ1) is 32.3. The van der Waals surface area contributed by atoms with Gasteiger partial charge in [0.15, 0.2) is 0 Å². The van der Waals surface area contributed by atoms with Gasteiger partial charge in [-0.25, -0.2) is 4.79 Å². The van der Waals surface area contributed by atoms with Crippen molar-refractivity contribution in [2.24, 2.45) is 5.73 Å². The maximum Gasteiger partial charge on any atom is 0.408 e. The third-order valence-corrected chi connectivity index (χ3v) is 6.86. The minimum atomic E-state index is -1.14. The lowest BCUT2D eigenvalue weighted by Gasteiger charge is -2.39. The van der Waals surface area contributed by atoms with Crippen LogP contribution in [0.15, 0.2) is 42.5 Å². The average Bonchev–Trinajstić information content (AvgIpc) is 2.86. The van der Waals surface area contributed by atoms with Gasteiger partial charge in [-0.15, -0.1) is 0 Å². The van der Waals surface area contributed by atoms with Crippen molar-refractivity contribution in [3.05, 3.63) is 64.7 Å². The first-order chi connectivity index (χ1) is 18.7. The van der Waals surface area contributed by atoms with Crippen LogP contribution >= 0.6 is 0 Å². The van der Waals surface area contributed by atoms with E-state index in [0.29, 0.717) is 17.7 Å². The summed E-state index contributed by atoms with van der Waals surface area (Å²) in [5.41, 5.74) is 8.63. The van der Waals surface area contributed by atoms with Gasteiger partial charge >= 0.3 is 6.09 Å². The Kier molecular flexibility index (Phi) is 11.3. The third-order valence-electron chi connectivity index (χ3n) is 6.86. The molecule has 0 fully saturated rings. The van der Waals surface area contributed by atoms with Crippen LogP contribution in [0.3, 0.4) is 0 Å². The fourth-order valence-corrected chi connectivity index (χ4v) is 4.37. The van der Waals surface area contributed by atoms with E-state index in [1.54, 1.807) is 20.8 Å². The van der Waals surface area contributed by atoms with Crippen molar-refractivity contribution in [2.45, 2.75) is 98.4 Å². The molecule has 2 rings (SSSR count). The molecular formula is C31H44N4O5. The fourth-order valence-electron chi connectivity index (χ4n) is 4.37. The van der Waals surface area contributed by atoms with Crippen molar-refractivity contribution in [3.8, 4) is 0 Å². The summed E-state index contributed by atoms with van der Waals surface area (Å²) in [6.07, 6.45) is -0.435. The Morgan fingerprint density at radius 1 is 0.975 bits per heavy atom. The van der Waals surface area contributed by atoms with Crippen LogP contribution in [0.2, 0.25) is 0 Å². The second kappa shape index (κ2) is 14.0. The summed E-state index contributed by atoms with van der Waals surface area (Å²) in [4.78, 5) is 54.3. The number of nitrogens with two attached hydrogens (primary N) is 1. The average molecular weight is 553 g/mol. The van der Waals surface area contributed by atoms with Crippen LogP contribution in [0.4, 0.5) is 10.5 Å². The van der Waals surface area contributed by atoms with E-state index >= 15 is 0 Å². The molecule has 0 aliphatic carbocycles. The Balaban J connectivity index is 2.64. The fraction of sp³-hybridized carbons (Fsp3) is 0.484. The van der Waals surface area contributed by atoms with E-state index in [4.69, 9.17) is 10.5 Å². The van der Waals surface area contributed by atoms with Gasteiger partial charge in [0.05, 0.1) is 0 Å². The van der Waals surface area contributed by atoms with Crippen molar-refractivity contribution in [2.75, 3.05) is 5.32 Å². The van der Waals surface area contributed by atoms with Crippen molar-refractivity contribution in [1.82, 2.24) is 10.2 Å². The van der Waals surface area contributed by atoms with Crippen LogP contribution in [-0.4, -0.2) is 46.4 Å². The lowest BCUT2D eigenvalue weighted by molar-refractivity contribution is -0.143. The zero-order valence-electron chi connectivity index (χ0n) is 25.0. The van der Waals surface area contributed by atoms with Crippen molar-refractivity contribution >= 4 is 29.5 Å². The van der Waals surface area contributed by atoms with Crippen LogP contribution in [0.1, 0.15) is 82.2 Å². The number of hydrogen-bond acceptors (Lipinski definition) is 5. The highest BCUT2D eigenvalue weighted by Crippen LogP contribution is 2.31. The van der Waals surface area contributed by atoms with Crippen LogP contribution in [-0.2, 0) is 19.1 Å². The van der Waals surface area contributed by atoms with Crippen LogP contribution in [0, 0.1) is 20.8 Å². The molecule has 4 N–H and O–H groups in total. The summed E-state index contributed by atoms with van der Waals surface area (Å²) in [7, 11) is 0. The molecule has 40 heavy (non-hydrogen) atoms. The van der Waals surface area contributed by atoms with Crippen molar-refractivity contribution in [3.63, 3.8) is 0 Å². The van der Waals surface area contributed by atoms with E-state index in [1.807, 2.05) is 77.1 Å². The minimum Gasteiger partial charge on any atom is -0.444 e. The number of rotatable bonds is 11. The largest absolute Gasteiger partial charge is 0.444 e. The highest BCUT2D eigenvalue weighted by Gasteiger charge is 2.39. The summed E-state index contributed by atoms with van der Waals surface area (Å²) < 4.78 is 5.40. The number of nitrogens with one attached hydrogen (secondary N) is 2. The Labute approximate surface area is 237 Å². The third kappa shape index (κ3) is 8.83. The quantitative estimate of drug-likeness (QED) is 0.358. The Morgan fingerprint density at radius 3 is 2.17 bits per heavy atom. The molecule has 0 radical (unpaired) electrons. The summed E-state index contributed by atoms with van der Waals surface area (Å²) >= 11 is 0. The van der Waals surface area contributed by atoms with E-state index in [0.717, 1.165) is 16.7 Å². The number of hydrogen-bond donors (Lipinski definition) is 3. The van der Waals surface area contributed by atoms with Crippen molar-refractivity contribution in [1.29, 1.82) is 0 Å². The second-order valence-electron chi connectivity index (χ2n) is 11.2. The van der Waals surface area contributed by atoms with Gasteiger partial charge in [0.2, 0.25) is 11.8 Å². The number of nitrogens with zero attached hydrogens (tertiary/aromatic N) is 1. The topological polar surface area (TPSA) is 131 Å². The highest BCUT2D eigenvalue weighted by atomic mass is 16.6. The molecular weight excluding hydrogens is 508 g/mol. The van der Waals surface area contributed by atoms with Crippen LogP contribution in [0.5, 0.6) is 0 Å². The van der Waals surface area contributed by atoms with E-state index in [-0.39, 0.29) is 18.7 Å². The Hall–Kier alpha value is -3.88. The van der Waals surface area contributed by atoms with Gasteiger partial charge in [-0.05, 0) is 89.6 Å². The molecule has 0 saturated carbocycles. The molecule has 0 spiro atoms. The summed E-state index contributed by atoms with van der Waals surface area (Å²) in [5.74, 6) is -1.50. The summed E-state index contributed by atoms with van der Waals surface area (Å²) in [6, 6.07) is 10.5. The summed E-state index contributed by atoms with van der Waals surface area (Å²) in [6.45, 7) is 14.7. The molecule has 218 valence electrons. The highest BCUT2D eigenvalue weighted by molar-refractivity contribution is 5.99. The smallest absolute Gasteiger partial charge is 0.408 e. The van der Waals surface area contributed by atoms with Crippen LogP contribution < -0.4 is 16.4 Å². The van der Waals surface area contributed by atoms with Gasteiger partial charge in [0.25, 0.3) is 5.91 Å². The molecule has 2 aromatic carbocycles. The van der Waals surface area contributed by atoms with E-state index in [9.17, 15) is 19.2 Å². The van der Waals surface area contributed by atoms with E-state index < -0.39 is 41.6 Å². The van der Waals surface area contributed by atoms with Crippen LogP contribution in [0.25, 0.3) is 0 Å². The van der Waals surface area contributed by atoms with E-state index in [1.165, 1.54) is 4.90 Å². The number of para-hydroxylation sites is 1. The molecule has 9 nitrogen and oxygen atoms in total. The summed E-state index contributed by atoms with van der Waals surface area (Å²) in [5, 5.41) is 5.64. The lowest BCUT2D eigenvalue weighted by atomic mass is 9.93. The molecule has 0 aromatic heterocycles. The number of alkyl carbamates (subject to hydrolysis) is 1. The number of anilines is 1. The molecule has 0 heterocycles. The maximum absolute atomic E-state index is 14.3. The van der Waals surface area contributed by atoms with Gasteiger partial charge in [-0.1, -0.05) is 43.3 Å². The number of amides is 4. The molecule has 0 aliphatic rings. The zero-order valence-corrected chi connectivity index (χ0v) is 25.0. The van der Waals surface area contributed by atoms with Crippen molar-refractivity contribution < 1.29 is 23.9 Å². The number of carbonyl (C=O) groups excluding carboxylic acids is 4. The predicted molar refractivity (Wildman–Crippen MR) is 157 cm³/mol. The zero-order chi connectivity index (χ0) is 30.2. The number of benzene rings is 2. The number of ether oxygens (including phenoxy) is 1. The Bertz CT molecular complexity index is 1220. The maximum atomic E-state index is 14.3. The van der Waals surface area contributed by atoms with Gasteiger partial charge in [-0.3, -0.25) is 14.4 Å². The molecule has 0 bridgehead atoms. The molecule has 2 aromatic rings. The molecule has 3 atom stereocenters. The molecule has 4 amide bonds. The SMILES string of the molecule is CCC(C)N(C(=O)C(CCC(N)=O)NC(=O)OC(C)(C)C)C(C(=O)Nc1ccccc1C)c1cccc(C)c1C. The number of primary amides is 1. The Morgan fingerprint density at radius 2 is 1.60 bits per heavy atom. The van der Waals surface area contributed by atoms with E-state index in [2.05, 4.69) is 10.6 Å². The molecule has 0 aliphatic heterocycles. The first-order valence-corrected chi connectivity index (χ1v) is 13.7. The van der Waals surface area contributed by atoms with Gasteiger partial charge in [0.1, 0.15) is 17.7 Å². The lowest BCUT2D eigenvalue weighted by Crippen LogP contribution is -2.55. The monoisotopic (exact) mass is 552 g/mol. The van der Waals surface area contributed by atoms with Gasteiger partial charge in [-0.2, -0.15) is 0 Å². The van der Waals surface area contributed by atoms with Gasteiger partial charge < -0.3 is 26.0 Å². The number of carbonyl (C=O) groups is 4. The first-order valence-electron chi connectivity index (χ1n) is 13.7. The second-order valence-corrected chi connectivity index (χ2v) is 11.2.